The predicted molar refractivity (Wildman–Crippen MR) is 75.0 cm³/mol. The zero-order chi connectivity index (χ0) is 13.8. The second kappa shape index (κ2) is 6.35. The SMILES string of the molecule is CN(C)Cc1ccc(C(=O)CC2CCC(N)CC2)o1. The summed E-state index contributed by atoms with van der Waals surface area (Å²) in [6.07, 6.45) is 4.82. The molecule has 0 saturated heterocycles. The molecule has 0 aromatic carbocycles. The zero-order valence-electron chi connectivity index (χ0n) is 11.9. The van der Waals surface area contributed by atoms with Crippen LogP contribution in [0.5, 0.6) is 0 Å². The van der Waals surface area contributed by atoms with Gasteiger partial charge in [-0.05, 0) is 57.8 Å². The van der Waals surface area contributed by atoms with Crippen LogP contribution in [0.3, 0.4) is 0 Å². The smallest absolute Gasteiger partial charge is 0.198 e. The Morgan fingerprint density at radius 1 is 1.32 bits per heavy atom. The van der Waals surface area contributed by atoms with Crippen LogP contribution < -0.4 is 5.73 Å². The van der Waals surface area contributed by atoms with Crippen molar-refractivity contribution in [3.8, 4) is 0 Å². The Bertz CT molecular complexity index is 418. The standard InChI is InChI=1S/C15H24N2O2/c1-17(2)10-13-7-8-15(19-13)14(18)9-11-3-5-12(16)6-4-11/h7-8,11-12H,3-6,9-10,16H2,1-2H3. The molecule has 0 atom stereocenters. The van der Waals surface area contributed by atoms with Crippen LogP contribution in [0.2, 0.25) is 0 Å². The molecule has 0 bridgehead atoms. The van der Waals surface area contributed by atoms with E-state index in [1.807, 2.05) is 25.1 Å². The van der Waals surface area contributed by atoms with Crippen molar-refractivity contribution < 1.29 is 9.21 Å². The van der Waals surface area contributed by atoms with Gasteiger partial charge in [-0.1, -0.05) is 0 Å². The van der Waals surface area contributed by atoms with E-state index < -0.39 is 0 Å². The van der Waals surface area contributed by atoms with E-state index in [0.29, 0.717) is 24.1 Å². The first-order valence-corrected chi connectivity index (χ1v) is 7.07. The van der Waals surface area contributed by atoms with Crippen molar-refractivity contribution in [2.45, 2.75) is 44.7 Å². The summed E-state index contributed by atoms with van der Waals surface area (Å²) in [5.74, 6) is 1.96. The van der Waals surface area contributed by atoms with Gasteiger partial charge in [0.2, 0.25) is 0 Å². The number of carbonyl (C=O) groups is 1. The zero-order valence-corrected chi connectivity index (χ0v) is 11.9. The van der Waals surface area contributed by atoms with Gasteiger partial charge >= 0.3 is 0 Å². The normalized spacial score (nSPS) is 23.8. The van der Waals surface area contributed by atoms with Crippen LogP contribution in [-0.4, -0.2) is 30.8 Å². The number of nitrogens with zero attached hydrogens (tertiary/aromatic N) is 1. The second-order valence-electron chi connectivity index (χ2n) is 5.91. The second-order valence-corrected chi connectivity index (χ2v) is 5.91. The summed E-state index contributed by atoms with van der Waals surface area (Å²) >= 11 is 0. The highest BCUT2D eigenvalue weighted by atomic mass is 16.3. The fourth-order valence-corrected chi connectivity index (χ4v) is 2.68. The minimum atomic E-state index is 0.130. The number of hydrogen-bond acceptors (Lipinski definition) is 4. The van der Waals surface area contributed by atoms with Crippen LogP contribution in [0.1, 0.15) is 48.4 Å². The number of ketones is 1. The van der Waals surface area contributed by atoms with Crippen molar-refractivity contribution in [2.75, 3.05) is 14.1 Å². The van der Waals surface area contributed by atoms with E-state index in [1.165, 1.54) is 0 Å². The summed E-state index contributed by atoms with van der Waals surface area (Å²) in [6.45, 7) is 0.728. The summed E-state index contributed by atoms with van der Waals surface area (Å²) in [4.78, 5) is 14.2. The number of carbonyl (C=O) groups excluding carboxylic acids is 1. The number of Topliss-reactive ketones (excluding diaryl/α,β-unsaturated/α-hetero) is 1. The minimum Gasteiger partial charge on any atom is -0.457 e. The molecule has 1 aromatic rings. The first-order chi connectivity index (χ1) is 9.04. The van der Waals surface area contributed by atoms with Crippen LogP contribution in [0.25, 0.3) is 0 Å². The van der Waals surface area contributed by atoms with E-state index in [-0.39, 0.29) is 5.78 Å². The lowest BCUT2D eigenvalue weighted by molar-refractivity contribution is 0.0917. The Labute approximate surface area is 114 Å². The number of furan rings is 1. The highest BCUT2D eigenvalue weighted by molar-refractivity contribution is 5.93. The van der Waals surface area contributed by atoms with Crippen molar-refractivity contribution in [1.29, 1.82) is 0 Å². The molecule has 1 aliphatic rings. The summed E-state index contributed by atoms with van der Waals surface area (Å²) in [5, 5.41) is 0. The van der Waals surface area contributed by atoms with E-state index in [1.54, 1.807) is 6.07 Å². The highest BCUT2D eigenvalue weighted by Gasteiger charge is 2.22. The molecule has 106 valence electrons. The number of hydrogen-bond donors (Lipinski definition) is 1. The first-order valence-electron chi connectivity index (χ1n) is 7.07. The fourth-order valence-electron chi connectivity index (χ4n) is 2.68. The lowest BCUT2D eigenvalue weighted by Crippen LogP contribution is -2.27. The molecule has 1 heterocycles. The first kappa shape index (κ1) is 14.3. The molecule has 0 spiro atoms. The maximum Gasteiger partial charge on any atom is 0.198 e. The fraction of sp³-hybridized carbons (Fsp3) is 0.667. The van der Waals surface area contributed by atoms with E-state index in [4.69, 9.17) is 10.2 Å². The maximum absolute atomic E-state index is 12.2. The molecule has 0 radical (unpaired) electrons. The van der Waals surface area contributed by atoms with Crippen molar-refractivity contribution in [2.24, 2.45) is 11.7 Å². The Morgan fingerprint density at radius 2 is 2.00 bits per heavy atom. The van der Waals surface area contributed by atoms with Crippen LogP contribution in [0.4, 0.5) is 0 Å². The third kappa shape index (κ3) is 4.18. The molecular weight excluding hydrogens is 240 g/mol. The van der Waals surface area contributed by atoms with Crippen molar-refractivity contribution in [1.82, 2.24) is 4.90 Å². The lowest BCUT2D eigenvalue weighted by atomic mass is 9.83. The van der Waals surface area contributed by atoms with Gasteiger partial charge in [0.1, 0.15) is 5.76 Å². The molecular formula is C15H24N2O2. The molecule has 1 aromatic heterocycles. The van der Waals surface area contributed by atoms with Gasteiger partial charge in [0, 0.05) is 12.5 Å². The number of rotatable bonds is 5. The van der Waals surface area contributed by atoms with E-state index in [2.05, 4.69) is 0 Å². The Hall–Kier alpha value is -1.13. The van der Waals surface area contributed by atoms with Crippen molar-refractivity contribution in [3.63, 3.8) is 0 Å². The largest absolute Gasteiger partial charge is 0.457 e. The monoisotopic (exact) mass is 264 g/mol. The van der Waals surface area contributed by atoms with Crippen LogP contribution >= 0.6 is 0 Å². The third-order valence-corrected chi connectivity index (χ3v) is 3.77. The predicted octanol–water partition coefficient (Wildman–Crippen LogP) is 2.43. The van der Waals surface area contributed by atoms with Crippen LogP contribution in [-0.2, 0) is 6.54 Å². The Kier molecular flexibility index (Phi) is 4.77. The Morgan fingerprint density at radius 3 is 2.63 bits per heavy atom. The average molecular weight is 264 g/mol. The summed E-state index contributed by atoms with van der Waals surface area (Å²) in [7, 11) is 3.96. The molecule has 1 aliphatic carbocycles. The van der Waals surface area contributed by atoms with Gasteiger partial charge in [0.25, 0.3) is 0 Å². The summed E-state index contributed by atoms with van der Waals surface area (Å²) in [5.41, 5.74) is 5.88. The van der Waals surface area contributed by atoms with Crippen molar-refractivity contribution in [3.05, 3.63) is 23.7 Å². The van der Waals surface area contributed by atoms with Gasteiger partial charge in [-0.25, -0.2) is 0 Å². The van der Waals surface area contributed by atoms with E-state index in [9.17, 15) is 4.79 Å². The molecule has 4 nitrogen and oxygen atoms in total. The van der Waals surface area contributed by atoms with Gasteiger partial charge in [0.05, 0.1) is 6.54 Å². The molecule has 1 fully saturated rings. The molecule has 0 aliphatic heterocycles. The Balaban J connectivity index is 1.87. The number of nitrogens with two attached hydrogens (primary N) is 1. The minimum absolute atomic E-state index is 0.130. The highest BCUT2D eigenvalue weighted by Crippen LogP contribution is 2.27. The molecule has 2 rings (SSSR count). The van der Waals surface area contributed by atoms with E-state index >= 15 is 0 Å². The molecule has 0 amide bonds. The van der Waals surface area contributed by atoms with E-state index in [0.717, 1.165) is 38.0 Å². The van der Waals surface area contributed by atoms with Gasteiger partial charge in [-0.2, -0.15) is 0 Å². The van der Waals surface area contributed by atoms with Gasteiger partial charge < -0.3 is 15.1 Å². The third-order valence-electron chi connectivity index (χ3n) is 3.77. The maximum atomic E-state index is 12.2. The van der Waals surface area contributed by atoms with Gasteiger partial charge in [0.15, 0.2) is 11.5 Å². The van der Waals surface area contributed by atoms with Crippen LogP contribution in [0, 0.1) is 5.92 Å². The molecule has 1 saturated carbocycles. The van der Waals surface area contributed by atoms with Crippen LogP contribution in [0.15, 0.2) is 16.5 Å². The molecule has 4 heteroatoms. The topological polar surface area (TPSA) is 59.5 Å². The molecule has 19 heavy (non-hydrogen) atoms. The quantitative estimate of drug-likeness (QED) is 0.830. The molecule has 0 unspecified atom stereocenters. The summed E-state index contributed by atoms with van der Waals surface area (Å²) in [6, 6.07) is 4.03. The lowest BCUT2D eigenvalue weighted by Gasteiger charge is -2.25. The summed E-state index contributed by atoms with van der Waals surface area (Å²) < 4.78 is 5.60. The van der Waals surface area contributed by atoms with Gasteiger partial charge in [-0.15, -0.1) is 0 Å². The van der Waals surface area contributed by atoms with Gasteiger partial charge in [-0.3, -0.25) is 4.79 Å². The molecule has 2 N–H and O–H groups in total. The van der Waals surface area contributed by atoms with Crippen molar-refractivity contribution >= 4 is 5.78 Å². The average Bonchev–Trinajstić information content (AvgIpc) is 2.80.